The lowest BCUT2D eigenvalue weighted by Crippen LogP contribution is -2.03. The van der Waals surface area contributed by atoms with Gasteiger partial charge in [-0.15, -0.1) is 11.3 Å². The molecule has 0 saturated carbocycles. The fourth-order valence-electron chi connectivity index (χ4n) is 2.02. The van der Waals surface area contributed by atoms with E-state index in [0.29, 0.717) is 23.6 Å². The fourth-order valence-corrected chi connectivity index (χ4v) is 2.91. The molecular formula is C15H17NO3S. The first-order valence-electron chi connectivity index (χ1n) is 6.37. The number of aromatic carboxylic acids is 1. The number of rotatable bonds is 5. The van der Waals surface area contributed by atoms with Crippen molar-refractivity contribution in [3.05, 3.63) is 44.9 Å². The van der Waals surface area contributed by atoms with E-state index in [9.17, 15) is 4.79 Å². The molecule has 0 radical (unpaired) electrons. The van der Waals surface area contributed by atoms with E-state index in [4.69, 9.17) is 9.84 Å². The number of carbonyl (C=O) groups is 1. The highest BCUT2D eigenvalue weighted by molar-refractivity contribution is 7.13. The lowest BCUT2D eigenvalue weighted by molar-refractivity contribution is 0.0701. The molecule has 1 aromatic heterocycles. The summed E-state index contributed by atoms with van der Waals surface area (Å²) in [6.45, 7) is 6.24. The summed E-state index contributed by atoms with van der Waals surface area (Å²) in [5, 5.41) is 9.79. The maximum absolute atomic E-state index is 11.0. The second-order valence-corrected chi connectivity index (χ2v) is 5.73. The number of carboxylic acid groups (broad SMARTS) is 1. The molecule has 2 rings (SSSR count). The Balaban J connectivity index is 2.00. The molecule has 1 aromatic carbocycles. The zero-order chi connectivity index (χ0) is 14.7. The summed E-state index contributed by atoms with van der Waals surface area (Å²) >= 11 is 1.22. The van der Waals surface area contributed by atoms with Gasteiger partial charge in [-0.1, -0.05) is 18.2 Å². The molecule has 106 valence electrons. The van der Waals surface area contributed by atoms with E-state index in [1.807, 2.05) is 32.0 Å². The average Bonchev–Trinajstić information content (AvgIpc) is 2.74. The molecule has 1 heterocycles. The SMILES string of the molecule is Cc1cccc(C)c1OCCc1nc(C)c(C(=O)O)s1. The highest BCUT2D eigenvalue weighted by atomic mass is 32.1. The third kappa shape index (κ3) is 3.17. The number of para-hydroxylation sites is 1. The first-order chi connectivity index (χ1) is 9.49. The van der Waals surface area contributed by atoms with Crippen LogP contribution in [0, 0.1) is 20.8 Å². The fraction of sp³-hybridized carbons (Fsp3) is 0.333. The molecular weight excluding hydrogens is 274 g/mol. The van der Waals surface area contributed by atoms with E-state index in [0.717, 1.165) is 21.9 Å². The molecule has 2 aromatic rings. The summed E-state index contributed by atoms with van der Waals surface area (Å²) < 4.78 is 5.80. The summed E-state index contributed by atoms with van der Waals surface area (Å²) in [6.07, 6.45) is 0.618. The van der Waals surface area contributed by atoms with Gasteiger partial charge in [-0.05, 0) is 31.9 Å². The van der Waals surface area contributed by atoms with Crippen LogP contribution in [0.15, 0.2) is 18.2 Å². The van der Waals surface area contributed by atoms with Gasteiger partial charge < -0.3 is 9.84 Å². The zero-order valence-electron chi connectivity index (χ0n) is 11.8. The van der Waals surface area contributed by atoms with E-state index in [1.165, 1.54) is 11.3 Å². The minimum Gasteiger partial charge on any atom is -0.493 e. The molecule has 0 aliphatic heterocycles. The maximum atomic E-state index is 11.0. The van der Waals surface area contributed by atoms with Crippen molar-refractivity contribution in [1.82, 2.24) is 4.98 Å². The Kier molecular flexibility index (Phi) is 4.39. The summed E-state index contributed by atoms with van der Waals surface area (Å²) in [5.41, 5.74) is 2.78. The molecule has 5 heteroatoms. The predicted octanol–water partition coefficient (Wildman–Crippen LogP) is 3.39. The molecule has 0 aliphatic carbocycles. The van der Waals surface area contributed by atoms with E-state index in [2.05, 4.69) is 4.98 Å². The number of hydrogen-bond acceptors (Lipinski definition) is 4. The van der Waals surface area contributed by atoms with Crippen molar-refractivity contribution in [2.45, 2.75) is 27.2 Å². The van der Waals surface area contributed by atoms with Gasteiger partial charge >= 0.3 is 5.97 Å². The minimum absolute atomic E-state index is 0.312. The number of aromatic nitrogens is 1. The van der Waals surface area contributed by atoms with Crippen LogP contribution in [0.2, 0.25) is 0 Å². The summed E-state index contributed by atoms with van der Waals surface area (Å²) in [7, 11) is 0. The Bertz CT molecular complexity index is 614. The smallest absolute Gasteiger partial charge is 0.347 e. The Morgan fingerprint density at radius 3 is 2.50 bits per heavy atom. The number of hydrogen-bond donors (Lipinski definition) is 1. The van der Waals surface area contributed by atoms with Crippen LogP contribution in [-0.2, 0) is 6.42 Å². The van der Waals surface area contributed by atoms with Gasteiger partial charge in [0.15, 0.2) is 0 Å². The third-order valence-corrected chi connectivity index (χ3v) is 4.21. The molecule has 20 heavy (non-hydrogen) atoms. The maximum Gasteiger partial charge on any atom is 0.347 e. The summed E-state index contributed by atoms with van der Waals surface area (Å²) in [5.74, 6) is -0.0128. The molecule has 4 nitrogen and oxygen atoms in total. The van der Waals surface area contributed by atoms with Crippen LogP contribution < -0.4 is 4.74 Å². The molecule has 0 fully saturated rings. The Hall–Kier alpha value is -1.88. The monoisotopic (exact) mass is 291 g/mol. The van der Waals surface area contributed by atoms with Gasteiger partial charge in [0, 0.05) is 6.42 Å². The van der Waals surface area contributed by atoms with E-state index in [-0.39, 0.29) is 0 Å². The van der Waals surface area contributed by atoms with Gasteiger partial charge in [0.25, 0.3) is 0 Å². The number of carboxylic acids is 1. The van der Waals surface area contributed by atoms with E-state index in [1.54, 1.807) is 6.92 Å². The average molecular weight is 291 g/mol. The highest BCUT2D eigenvalue weighted by Gasteiger charge is 2.14. The van der Waals surface area contributed by atoms with Crippen molar-refractivity contribution in [3.8, 4) is 5.75 Å². The quantitative estimate of drug-likeness (QED) is 0.917. The molecule has 0 saturated heterocycles. The van der Waals surface area contributed by atoms with Crippen molar-refractivity contribution in [2.24, 2.45) is 0 Å². The lowest BCUT2D eigenvalue weighted by Gasteiger charge is -2.10. The minimum atomic E-state index is -0.915. The second kappa shape index (κ2) is 6.05. The molecule has 0 bridgehead atoms. The first-order valence-corrected chi connectivity index (χ1v) is 7.19. The molecule has 0 aliphatic rings. The normalized spacial score (nSPS) is 10.6. The molecule has 0 unspecified atom stereocenters. The zero-order valence-corrected chi connectivity index (χ0v) is 12.6. The largest absolute Gasteiger partial charge is 0.493 e. The Morgan fingerprint density at radius 1 is 1.30 bits per heavy atom. The van der Waals surface area contributed by atoms with Crippen molar-refractivity contribution in [2.75, 3.05) is 6.61 Å². The van der Waals surface area contributed by atoms with Gasteiger partial charge in [-0.25, -0.2) is 9.78 Å². The Labute approximate surface area is 122 Å². The number of ether oxygens (including phenoxy) is 1. The van der Waals surface area contributed by atoms with Gasteiger partial charge in [-0.2, -0.15) is 0 Å². The van der Waals surface area contributed by atoms with Gasteiger partial charge in [0.1, 0.15) is 10.6 Å². The van der Waals surface area contributed by atoms with Gasteiger partial charge in [0.05, 0.1) is 17.3 Å². The third-order valence-electron chi connectivity index (χ3n) is 3.01. The topological polar surface area (TPSA) is 59.4 Å². The number of aryl methyl sites for hydroxylation is 3. The number of thiazole rings is 1. The standard InChI is InChI=1S/C15H17NO3S/c1-9-5-4-6-10(2)13(9)19-8-7-12-16-11(3)14(20-12)15(17)18/h4-6H,7-8H2,1-3H3,(H,17,18). The van der Waals surface area contributed by atoms with Crippen LogP contribution in [0.25, 0.3) is 0 Å². The second-order valence-electron chi connectivity index (χ2n) is 4.65. The van der Waals surface area contributed by atoms with Crippen LogP contribution in [0.4, 0.5) is 0 Å². The van der Waals surface area contributed by atoms with E-state index >= 15 is 0 Å². The molecule has 1 N–H and O–H groups in total. The van der Waals surface area contributed by atoms with Gasteiger partial charge in [0.2, 0.25) is 0 Å². The van der Waals surface area contributed by atoms with Crippen LogP contribution in [0.5, 0.6) is 5.75 Å². The molecule has 0 atom stereocenters. The first kappa shape index (κ1) is 14.5. The molecule has 0 amide bonds. The summed E-state index contributed by atoms with van der Waals surface area (Å²) in [6, 6.07) is 6.03. The summed E-state index contributed by atoms with van der Waals surface area (Å²) in [4.78, 5) is 15.5. The van der Waals surface area contributed by atoms with Crippen molar-refractivity contribution >= 4 is 17.3 Å². The van der Waals surface area contributed by atoms with Crippen molar-refractivity contribution in [1.29, 1.82) is 0 Å². The van der Waals surface area contributed by atoms with Crippen molar-refractivity contribution in [3.63, 3.8) is 0 Å². The van der Waals surface area contributed by atoms with Gasteiger partial charge in [-0.3, -0.25) is 0 Å². The van der Waals surface area contributed by atoms with Crippen LogP contribution >= 0.6 is 11.3 Å². The predicted molar refractivity (Wildman–Crippen MR) is 78.9 cm³/mol. The lowest BCUT2D eigenvalue weighted by atomic mass is 10.1. The van der Waals surface area contributed by atoms with Crippen LogP contribution in [-0.4, -0.2) is 22.7 Å². The number of nitrogens with zero attached hydrogens (tertiary/aromatic N) is 1. The number of benzene rings is 1. The molecule has 0 spiro atoms. The van der Waals surface area contributed by atoms with Crippen LogP contribution in [0.1, 0.15) is 31.5 Å². The van der Waals surface area contributed by atoms with Crippen molar-refractivity contribution < 1.29 is 14.6 Å². The van der Waals surface area contributed by atoms with Crippen LogP contribution in [0.3, 0.4) is 0 Å². The highest BCUT2D eigenvalue weighted by Crippen LogP contribution is 2.23. The van der Waals surface area contributed by atoms with E-state index < -0.39 is 5.97 Å². The Morgan fingerprint density at radius 2 is 1.95 bits per heavy atom.